The van der Waals surface area contributed by atoms with E-state index in [0.29, 0.717) is 0 Å². The van der Waals surface area contributed by atoms with E-state index in [0.717, 1.165) is 0 Å². The fourth-order valence-corrected chi connectivity index (χ4v) is 0. The second-order valence-electron chi connectivity index (χ2n) is 0.408. The molecular formula is HClCoO4S. The molecule has 0 rings (SSSR count). The van der Waals surface area contributed by atoms with Crippen LogP contribution in [0, 0.1) is 0 Å². The third-order valence-corrected chi connectivity index (χ3v) is 0. The minimum absolute atomic E-state index is 0. The van der Waals surface area contributed by atoms with Gasteiger partial charge in [0.05, 0.1) is 0 Å². The van der Waals surface area contributed by atoms with Crippen LogP contribution in [0.3, 0.4) is 0 Å². The summed E-state index contributed by atoms with van der Waals surface area (Å²) in [7, 11) is -5.17. The molecule has 0 saturated carbocycles. The smallest absolute Gasteiger partial charge is 0.759 e. The summed E-state index contributed by atoms with van der Waals surface area (Å²) < 4.78 is 34.1. The predicted molar refractivity (Wildman–Crippen MR) is 17.7 cm³/mol. The van der Waals surface area contributed by atoms with Gasteiger partial charge in [0.25, 0.3) is 0 Å². The molecule has 1 radical (unpaired) electrons. The van der Waals surface area contributed by atoms with Crippen LogP contribution in [0.2, 0.25) is 0 Å². The molecule has 0 aliphatic carbocycles. The van der Waals surface area contributed by atoms with E-state index in [-0.39, 0.29) is 29.2 Å². The zero-order valence-electron chi connectivity index (χ0n) is 2.78. The zero-order valence-corrected chi connectivity index (χ0v) is 5.46. The summed E-state index contributed by atoms with van der Waals surface area (Å²) in [6.45, 7) is 0. The Labute approximate surface area is 57.5 Å². The first kappa shape index (κ1) is 15.6. The van der Waals surface area contributed by atoms with Gasteiger partial charge in [0, 0.05) is 10.4 Å². The number of hydrogen-bond donors (Lipinski definition) is 0. The van der Waals surface area contributed by atoms with Crippen LogP contribution in [0.25, 0.3) is 0 Å². The number of rotatable bonds is 0. The first-order valence-electron chi connectivity index (χ1n) is 0.667. The Hall–Kier alpha value is 0.666. The Bertz CT molecular complexity index is 94.9. The molecular weight excluding hydrogens is 190 g/mol. The topological polar surface area (TPSA) is 80.3 Å². The SMILES string of the molecule is Cl.O=S(=O)([O-])[O-].[Co+2]. The molecule has 0 aromatic carbocycles. The Balaban J connectivity index is -0.0000000800. The first-order valence-corrected chi connectivity index (χ1v) is 2.00. The summed E-state index contributed by atoms with van der Waals surface area (Å²) in [6.07, 6.45) is 0. The molecule has 7 heavy (non-hydrogen) atoms. The summed E-state index contributed by atoms with van der Waals surface area (Å²) in [5.74, 6) is 0. The maximum atomic E-state index is 8.52. The second kappa shape index (κ2) is 4.82. The fourth-order valence-electron chi connectivity index (χ4n) is 0. The Kier molecular flexibility index (Phi) is 10.8. The van der Waals surface area contributed by atoms with Gasteiger partial charge in [0.15, 0.2) is 0 Å². The summed E-state index contributed by atoms with van der Waals surface area (Å²) in [4.78, 5) is 0. The van der Waals surface area contributed by atoms with Crippen LogP contribution in [0.4, 0.5) is 0 Å². The predicted octanol–water partition coefficient (Wildman–Crippen LogP) is -0.919. The van der Waals surface area contributed by atoms with E-state index in [1.807, 2.05) is 0 Å². The van der Waals surface area contributed by atoms with Crippen molar-refractivity contribution in [1.82, 2.24) is 0 Å². The molecule has 4 nitrogen and oxygen atoms in total. The van der Waals surface area contributed by atoms with E-state index in [2.05, 4.69) is 0 Å². The summed E-state index contributed by atoms with van der Waals surface area (Å²) in [6, 6.07) is 0. The van der Waals surface area contributed by atoms with Crippen LogP contribution in [0.5, 0.6) is 0 Å². The van der Waals surface area contributed by atoms with Crippen LogP contribution in [-0.2, 0) is 27.2 Å². The molecule has 0 amide bonds. The van der Waals surface area contributed by atoms with Crippen LogP contribution in [-0.4, -0.2) is 17.5 Å². The van der Waals surface area contributed by atoms with Crippen LogP contribution >= 0.6 is 12.4 Å². The molecule has 47 valence electrons. The van der Waals surface area contributed by atoms with Crippen molar-refractivity contribution in [3.63, 3.8) is 0 Å². The molecule has 0 N–H and O–H groups in total. The molecule has 0 saturated heterocycles. The van der Waals surface area contributed by atoms with Gasteiger partial charge in [-0.1, -0.05) is 0 Å². The van der Waals surface area contributed by atoms with Gasteiger partial charge >= 0.3 is 16.8 Å². The van der Waals surface area contributed by atoms with Gasteiger partial charge in [-0.25, -0.2) is 0 Å². The summed E-state index contributed by atoms with van der Waals surface area (Å²) in [5.41, 5.74) is 0. The van der Waals surface area contributed by atoms with Crippen LogP contribution < -0.4 is 0 Å². The van der Waals surface area contributed by atoms with Gasteiger partial charge in [-0.2, -0.15) is 0 Å². The van der Waals surface area contributed by atoms with Crippen LogP contribution in [0.15, 0.2) is 0 Å². The Morgan fingerprint density at radius 1 is 1.14 bits per heavy atom. The molecule has 0 spiro atoms. The van der Waals surface area contributed by atoms with E-state index in [1.54, 1.807) is 0 Å². The van der Waals surface area contributed by atoms with E-state index in [1.165, 1.54) is 0 Å². The maximum absolute atomic E-state index is 8.52. The van der Waals surface area contributed by atoms with Crippen LogP contribution in [0.1, 0.15) is 0 Å². The normalized spacial score (nSPS) is 8.29. The summed E-state index contributed by atoms with van der Waals surface area (Å²) in [5, 5.41) is 0. The van der Waals surface area contributed by atoms with E-state index >= 15 is 0 Å². The van der Waals surface area contributed by atoms with Gasteiger partial charge in [-0.05, 0) is 0 Å². The van der Waals surface area contributed by atoms with Gasteiger partial charge < -0.3 is 9.11 Å². The first-order chi connectivity index (χ1) is 2.00. The fraction of sp³-hybridized carbons (Fsp3) is 0. The van der Waals surface area contributed by atoms with Crippen molar-refractivity contribution < 1.29 is 34.3 Å². The molecule has 0 aromatic rings. The second-order valence-corrected chi connectivity index (χ2v) is 1.22. The Morgan fingerprint density at radius 2 is 1.14 bits per heavy atom. The molecule has 0 atom stereocenters. The van der Waals surface area contributed by atoms with Crippen molar-refractivity contribution in [2.24, 2.45) is 0 Å². The van der Waals surface area contributed by atoms with Gasteiger partial charge in [-0.15, -0.1) is 12.4 Å². The minimum Gasteiger partial charge on any atom is -0.759 e. The molecule has 0 aliphatic rings. The molecule has 7 heteroatoms. The largest absolute Gasteiger partial charge is 2.00 e. The molecule has 0 fully saturated rings. The van der Waals surface area contributed by atoms with Gasteiger partial charge in [0.2, 0.25) is 0 Å². The minimum atomic E-state index is -5.17. The molecule has 0 unspecified atom stereocenters. The third-order valence-electron chi connectivity index (χ3n) is 0. The van der Waals surface area contributed by atoms with E-state index < -0.39 is 10.4 Å². The zero-order chi connectivity index (χ0) is 4.50. The number of halogens is 1. The monoisotopic (exact) mass is 191 g/mol. The molecule has 0 bridgehead atoms. The molecule has 0 aromatic heterocycles. The number of hydrogen-bond acceptors (Lipinski definition) is 4. The van der Waals surface area contributed by atoms with Crippen molar-refractivity contribution in [1.29, 1.82) is 0 Å². The van der Waals surface area contributed by atoms with E-state index in [4.69, 9.17) is 17.5 Å². The van der Waals surface area contributed by atoms with Gasteiger partial charge in [-0.3, -0.25) is 8.42 Å². The van der Waals surface area contributed by atoms with Crippen molar-refractivity contribution in [3.8, 4) is 0 Å². The van der Waals surface area contributed by atoms with Crippen molar-refractivity contribution in [2.75, 3.05) is 0 Å². The van der Waals surface area contributed by atoms with Crippen molar-refractivity contribution in [3.05, 3.63) is 0 Å². The van der Waals surface area contributed by atoms with Gasteiger partial charge in [0.1, 0.15) is 0 Å². The van der Waals surface area contributed by atoms with E-state index in [9.17, 15) is 0 Å². The third kappa shape index (κ3) is 327. The average Bonchev–Trinajstić information content (AvgIpc) is 0.722. The van der Waals surface area contributed by atoms with Crippen molar-refractivity contribution in [2.45, 2.75) is 0 Å². The Morgan fingerprint density at radius 3 is 1.14 bits per heavy atom. The quantitative estimate of drug-likeness (QED) is 0.366. The molecule has 0 aliphatic heterocycles. The van der Waals surface area contributed by atoms with Crippen molar-refractivity contribution >= 4 is 22.8 Å². The molecule has 0 heterocycles. The average molecular weight is 191 g/mol. The maximum Gasteiger partial charge on any atom is 2.00 e. The standard InChI is InChI=1S/ClH.Co.H2O4S/c;;1-5(2,3)4/h1H;;(H2,1,2,3,4)/q;+2;/p-2. The summed E-state index contributed by atoms with van der Waals surface area (Å²) >= 11 is 0.